The minimum absolute atomic E-state index is 0.161. The van der Waals surface area contributed by atoms with Crippen LogP contribution in [-0.4, -0.2) is 16.7 Å². The number of unbranched alkanes of at least 4 members (excludes halogenated alkanes) is 9. The van der Waals surface area contributed by atoms with E-state index < -0.39 is 6.04 Å². The van der Waals surface area contributed by atoms with Crippen LogP contribution in [0.4, 0.5) is 0 Å². The first-order valence-electron chi connectivity index (χ1n) is 8.79. The zero-order valence-corrected chi connectivity index (χ0v) is 13.9. The predicted octanol–water partition coefficient (Wildman–Crippen LogP) is 5.31. The van der Waals surface area contributed by atoms with Gasteiger partial charge in [0.05, 0.1) is 0 Å². The Morgan fingerprint density at radius 3 is 1.86 bits per heavy atom. The van der Waals surface area contributed by atoms with Gasteiger partial charge in [-0.1, -0.05) is 71.6 Å². The Labute approximate surface area is 129 Å². The van der Waals surface area contributed by atoms with Gasteiger partial charge in [0.15, 0.2) is 0 Å². The van der Waals surface area contributed by atoms with E-state index in [0.717, 1.165) is 44.9 Å². The topological polar surface area (TPSA) is 60.2 Å². The lowest BCUT2D eigenvalue weighted by atomic mass is 9.99. The van der Waals surface area contributed by atoms with Crippen LogP contribution in [0.1, 0.15) is 97.3 Å². The highest BCUT2D eigenvalue weighted by molar-refractivity contribution is 5.82. The van der Waals surface area contributed by atoms with Crippen molar-refractivity contribution in [2.45, 2.75) is 103 Å². The summed E-state index contributed by atoms with van der Waals surface area (Å²) in [5, 5.41) is 11.0. The standard InChI is InChI=1S/C17H33NO3/c1-3-5-7-9-11-13-15-17(19)16(18(20)21)14-12-10-8-6-4-2/h16H,3-15H2,1-2H3. The highest BCUT2D eigenvalue weighted by atomic mass is 16.6. The van der Waals surface area contributed by atoms with Crippen molar-refractivity contribution in [3.8, 4) is 0 Å². The summed E-state index contributed by atoms with van der Waals surface area (Å²) in [5.41, 5.74) is 0. The lowest BCUT2D eigenvalue weighted by molar-refractivity contribution is -0.508. The SMILES string of the molecule is CCCCCCCCC(=O)C(CCCCCCC)[N+](=O)[O-]. The summed E-state index contributed by atoms with van der Waals surface area (Å²) < 4.78 is 0. The predicted molar refractivity (Wildman–Crippen MR) is 87.2 cm³/mol. The van der Waals surface area contributed by atoms with Crippen molar-refractivity contribution < 1.29 is 9.72 Å². The maximum absolute atomic E-state index is 12.0. The van der Waals surface area contributed by atoms with Gasteiger partial charge in [0.1, 0.15) is 0 Å². The second kappa shape index (κ2) is 14.0. The molecule has 0 aliphatic carbocycles. The van der Waals surface area contributed by atoms with Gasteiger partial charge in [-0.3, -0.25) is 14.9 Å². The van der Waals surface area contributed by atoms with Gasteiger partial charge in [0, 0.05) is 17.8 Å². The number of carbonyl (C=O) groups excluding carboxylic acids is 1. The average Bonchev–Trinajstić information content (AvgIpc) is 2.45. The lowest BCUT2D eigenvalue weighted by Crippen LogP contribution is -2.29. The molecule has 0 aliphatic rings. The van der Waals surface area contributed by atoms with Crippen LogP contribution in [0.2, 0.25) is 0 Å². The molecule has 0 bridgehead atoms. The second-order valence-electron chi connectivity index (χ2n) is 5.99. The Hall–Kier alpha value is -0.930. The zero-order chi connectivity index (χ0) is 15.9. The molecule has 0 aromatic carbocycles. The molecule has 0 heterocycles. The van der Waals surface area contributed by atoms with Crippen LogP contribution in [0.25, 0.3) is 0 Å². The summed E-state index contributed by atoms with van der Waals surface area (Å²) in [5.74, 6) is -0.161. The number of rotatable bonds is 15. The third-order valence-electron chi connectivity index (χ3n) is 3.98. The van der Waals surface area contributed by atoms with Gasteiger partial charge in [0.25, 0.3) is 6.04 Å². The van der Waals surface area contributed by atoms with Crippen LogP contribution in [0.5, 0.6) is 0 Å². The fraction of sp³-hybridized carbons (Fsp3) is 0.941. The molecule has 4 nitrogen and oxygen atoms in total. The average molecular weight is 299 g/mol. The quantitative estimate of drug-likeness (QED) is 0.234. The Morgan fingerprint density at radius 1 is 0.857 bits per heavy atom. The van der Waals surface area contributed by atoms with Crippen LogP contribution < -0.4 is 0 Å². The molecule has 0 fully saturated rings. The molecule has 0 rings (SSSR count). The summed E-state index contributed by atoms with van der Waals surface area (Å²) in [6, 6.07) is -0.956. The van der Waals surface area contributed by atoms with Crippen molar-refractivity contribution in [3.05, 3.63) is 10.1 Å². The molecule has 0 saturated carbocycles. The Balaban J connectivity index is 3.82. The van der Waals surface area contributed by atoms with Gasteiger partial charge in [-0.2, -0.15) is 0 Å². The molecule has 0 aliphatic heterocycles. The number of carbonyl (C=O) groups is 1. The highest BCUT2D eigenvalue weighted by Gasteiger charge is 2.27. The second-order valence-corrected chi connectivity index (χ2v) is 5.99. The summed E-state index contributed by atoms with van der Waals surface area (Å²) in [6.07, 6.45) is 12.7. The van der Waals surface area contributed by atoms with Crippen LogP contribution in [0.15, 0.2) is 0 Å². The van der Waals surface area contributed by atoms with E-state index in [1.54, 1.807) is 0 Å². The van der Waals surface area contributed by atoms with E-state index in [1.807, 2.05) is 0 Å². The Bertz CT molecular complexity index is 279. The van der Waals surface area contributed by atoms with Crippen molar-refractivity contribution in [1.29, 1.82) is 0 Å². The van der Waals surface area contributed by atoms with Crippen molar-refractivity contribution >= 4 is 5.78 Å². The molecule has 124 valence electrons. The minimum Gasteiger partial charge on any atom is -0.292 e. The van der Waals surface area contributed by atoms with E-state index in [4.69, 9.17) is 0 Å². The number of nitrogens with zero attached hydrogens (tertiary/aromatic N) is 1. The fourth-order valence-corrected chi connectivity index (χ4v) is 2.57. The van der Waals surface area contributed by atoms with Crippen molar-refractivity contribution in [1.82, 2.24) is 0 Å². The molecule has 0 saturated heterocycles. The number of ketones is 1. The molecular formula is C17H33NO3. The number of hydrogen-bond donors (Lipinski definition) is 0. The third kappa shape index (κ3) is 11.4. The first kappa shape index (κ1) is 20.1. The maximum atomic E-state index is 12.0. The molecule has 21 heavy (non-hydrogen) atoms. The first-order chi connectivity index (χ1) is 10.1. The third-order valence-corrected chi connectivity index (χ3v) is 3.98. The molecule has 0 amide bonds. The maximum Gasteiger partial charge on any atom is 0.270 e. The van der Waals surface area contributed by atoms with Gasteiger partial charge in [-0.05, 0) is 12.8 Å². The summed E-state index contributed by atoms with van der Waals surface area (Å²) >= 11 is 0. The Kier molecular flexibility index (Phi) is 13.4. The fourth-order valence-electron chi connectivity index (χ4n) is 2.57. The van der Waals surface area contributed by atoms with Crippen LogP contribution in [0.3, 0.4) is 0 Å². The summed E-state index contributed by atoms with van der Waals surface area (Å²) in [7, 11) is 0. The van der Waals surface area contributed by atoms with Crippen LogP contribution >= 0.6 is 0 Å². The number of hydrogen-bond acceptors (Lipinski definition) is 3. The van der Waals surface area contributed by atoms with E-state index in [0.29, 0.717) is 12.8 Å². The van der Waals surface area contributed by atoms with Gasteiger partial charge in [0.2, 0.25) is 5.78 Å². The molecule has 0 spiro atoms. The Morgan fingerprint density at radius 2 is 1.33 bits per heavy atom. The van der Waals surface area contributed by atoms with Gasteiger partial charge < -0.3 is 0 Å². The van der Waals surface area contributed by atoms with Crippen LogP contribution in [-0.2, 0) is 4.79 Å². The zero-order valence-electron chi connectivity index (χ0n) is 13.9. The highest BCUT2D eigenvalue weighted by Crippen LogP contribution is 2.13. The molecule has 1 atom stereocenters. The number of Topliss-reactive ketones (excluding diaryl/α,β-unsaturated/α-hetero) is 1. The van der Waals surface area contributed by atoms with E-state index >= 15 is 0 Å². The van der Waals surface area contributed by atoms with Gasteiger partial charge in [-0.15, -0.1) is 0 Å². The minimum atomic E-state index is -0.956. The molecule has 1 unspecified atom stereocenters. The molecule has 4 heteroatoms. The molecule has 0 aromatic rings. The molecular weight excluding hydrogens is 266 g/mol. The van der Waals surface area contributed by atoms with Crippen molar-refractivity contribution in [2.75, 3.05) is 0 Å². The largest absolute Gasteiger partial charge is 0.292 e. The lowest BCUT2D eigenvalue weighted by Gasteiger charge is -2.08. The monoisotopic (exact) mass is 299 g/mol. The molecule has 0 N–H and O–H groups in total. The smallest absolute Gasteiger partial charge is 0.270 e. The van der Waals surface area contributed by atoms with E-state index in [9.17, 15) is 14.9 Å². The molecule has 0 aromatic heterocycles. The van der Waals surface area contributed by atoms with Gasteiger partial charge in [-0.25, -0.2) is 0 Å². The van der Waals surface area contributed by atoms with Gasteiger partial charge >= 0.3 is 0 Å². The van der Waals surface area contributed by atoms with Crippen LogP contribution in [0, 0.1) is 10.1 Å². The first-order valence-corrected chi connectivity index (χ1v) is 8.79. The number of nitro groups is 1. The van der Waals surface area contributed by atoms with Crippen molar-refractivity contribution in [3.63, 3.8) is 0 Å². The summed E-state index contributed by atoms with van der Waals surface area (Å²) in [4.78, 5) is 22.6. The summed E-state index contributed by atoms with van der Waals surface area (Å²) in [6.45, 7) is 4.32. The molecule has 0 radical (unpaired) electrons. The van der Waals surface area contributed by atoms with E-state index in [1.165, 1.54) is 25.7 Å². The van der Waals surface area contributed by atoms with E-state index in [2.05, 4.69) is 13.8 Å². The van der Waals surface area contributed by atoms with Crippen molar-refractivity contribution in [2.24, 2.45) is 0 Å². The van der Waals surface area contributed by atoms with E-state index in [-0.39, 0.29) is 10.7 Å². The normalized spacial score (nSPS) is 12.3.